The predicted octanol–water partition coefficient (Wildman–Crippen LogP) is 3.52. The minimum Gasteiger partial charge on any atom is -0.351 e. The summed E-state index contributed by atoms with van der Waals surface area (Å²) in [6.07, 6.45) is 0.756. The highest BCUT2D eigenvalue weighted by Gasteiger charge is 2.17. The molecule has 0 aliphatic carbocycles. The fraction of sp³-hybridized carbons (Fsp3) is 0.294. The van der Waals surface area contributed by atoms with Crippen LogP contribution in [0.25, 0.3) is 15.9 Å². The Balaban J connectivity index is 1.91. The molecule has 3 aromatic rings. The van der Waals surface area contributed by atoms with Crippen LogP contribution in [0.15, 0.2) is 30.3 Å². The van der Waals surface area contributed by atoms with Crippen molar-refractivity contribution in [2.45, 2.75) is 26.3 Å². The SMILES string of the molecule is Cc1nn(-c2cccc(Cl)c2)c2sc(C(=O)NCCC(C)N)cc12. The van der Waals surface area contributed by atoms with Crippen molar-refractivity contribution in [3.63, 3.8) is 0 Å². The molecule has 2 aromatic heterocycles. The average Bonchev–Trinajstić information content (AvgIpc) is 3.08. The largest absolute Gasteiger partial charge is 0.351 e. The molecule has 24 heavy (non-hydrogen) atoms. The number of aromatic nitrogens is 2. The number of amides is 1. The van der Waals surface area contributed by atoms with Crippen LogP contribution in [0.5, 0.6) is 0 Å². The second kappa shape index (κ2) is 6.93. The molecule has 1 aromatic carbocycles. The van der Waals surface area contributed by atoms with E-state index < -0.39 is 0 Å². The monoisotopic (exact) mass is 362 g/mol. The molecule has 0 spiro atoms. The Hall–Kier alpha value is -1.89. The third-order valence-corrected chi connectivity index (χ3v) is 5.05. The van der Waals surface area contributed by atoms with Crippen LogP contribution in [-0.4, -0.2) is 28.3 Å². The molecule has 3 rings (SSSR count). The lowest BCUT2D eigenvalue weighted by atomic mass is 10.2. The van der Waals surface area contributed by atoms with Crippen molar-refractivity contribution in [2.75, 3.05) is 6.54 Å². The van der Waals surface area contributed by atoms with E-state index in [1.165, 1.54) is 11.3 Å². The number of aryl methyl sites for hydroxylation is 1. The summed E-state index contributed by atoms with van der Waals surface area (Å²) in [6, 6.07) is 9.48. The molecule has 0 saturated heterocycles. The molecule has 0 saturated carbocycles. The van der Waals surface area contributed by atoms with Gasteiger partial charge in [-0.1, -0.05) is 17.7 Å². The van der Waals surface area contributed by atoms with Gasteiger partial charge in [0.1, 0.15) is 4.83 Å². The third kappa shape index (κ3) is 3.45. The van der Waals surface area contributed by atoms with Crippen molar-refractivity contribution < 1.29 is 4.79 Å². The zero-order valence-corrected chi connectivity index (χ0v) is 15.1. The van der Waals surface area contributed by atoms with E-state index in [2.05, 4.69) is 10.4 Å². The van der Waals surface area contributed by atoms with E-state index in [1.807, 2.05) is 48.9 Å². The first-order valence-electron chi connectivity index (χ1n) is 7.74. The summed E-state index contributed by atoms with van der Waals surface area (Å²) < 4.78 is 1.83. The van der Waals surface area contributed by atoms with Crippen molar-refractivity contribution in [1.29, 1.82) is 0 Å². The van der Waals surface area contributed by atoms with Crippen molar-refractivity contribution in [1.82, 2.24) is 15.1 Å². The van der Waals surface area contributed by atoms with Gasteiger partial charge in [-0.3, -0.25) is 4.79 Å². The summed E-state index contributed by atoms with van der Waals surface area (Å²) in [5.74, 6) is -0.0751. The maximum atomic E-state index is 12.3. The van der Waals surface area contributed by atoms with Crippen molar-refractivity contribution in [3.05, 3.63) is 45.9 Å². The Morgan fingerprint density at radius 3 is 2.96 bits per heavy atom. The van der Waals surface area contributed by atoms with E-state index in [4.69, 9.17) is 17.3 Å². The number of nitrogens with one attached hydrogen (secondary N) is 1. The third-order valence-electron chi connectivity index (χ3n) is 3.71. The molecule has 7 heteroatoms. The highest BCUT2D eigenvalue weighted by Crippen LogP contribution is 2.30. The quantitative estimate of drug-likeness (QED) is 0.729. The van der Waals surface area contributed by atoms with E-state index in [0.29, 0.717) is 16.4 Å². The summed E-state index contributed by atoms with van der Waals surface area (Å²) >= 11 is 7.51. The number of fused-ring (bicyclic) bond motifs is 1. The topological polar surface area (TPSA) is 72.9 Å². The Morgan fingerprint density at radius 2 is 2.25 bits per heavy atom. The van der Waals surface area contributed by atoms with E-state index in [9.17, 15) is 4.79 Å². The van der Waals surface area contributed by atoms with Gasteiger partial charge in [0.2, 0.25) is 0 Å². The summed E-state index contributed by atoms with van der Waals surface area (Å²) in [7, 11) is 0. The highest BCUT2D eigenvalue weighted by atomic mass is 35.5. The van der Waals surface area contributed by atoms with E-state index in [1.54, 1.807) is 0 Å². The first-order chi connectivity index (χ1) is 11.5. The molecule has 3 N–H and O–H groups in total. The second-order valence-corrected chi connectivity index (χ2v) is 7.30. The second-order valence-electron chi connectivity index (χ2n) is 5.83. The number of benzene rings is 1. The summed E-state index contributed by atoms with van der Waals surface area (Å²) in [6.45, 7) is 4.44. The van der Waals surface area contributed by atoms with Gasteiger partial charge in [-0.2, -0.15) is 5.10 Å². The molecule has 0 aliphatic rings. The Bertz CT molecular complexity index is 884. The van der Waals surface area contributed by atoms with Gasteiger partial charge in [0, 0.05) is 23.0 Å². The van der Waals surface area contributed by atoms with Gasteiger partial charge in [-0.15, -0.1) is 11.3 Å². The molecular formula is C17H19ClN4OS. The number of hydrogen-bond donors (Lipinski definition) is 2. The van der Waals surface area contributed by atoms with Crippen LogP contribution in [0.3, 0.4) is 0 Å². The first-order valence-corrected chi connectivity index (χ1v) is 8.94. The smallest absolute Gasteiger partial charge is 0.261 e. The van der Waals surface area contributed by atoms with Gasteiger partial charge in [-0.25, -0.2) is 4.68 Å². The Labute approximate surface area is 149 Å². The molecule has 2 heterocycles. The highest BCUT2D eigenvalue weighted by molar-refractivity contribution is 7.20. The lowest BCUT2D eigenvalue weighted by Crippen LogP contribution is -2.28. The number of rotatable bonds is 5. The predicted molar refractivity (Wildman–Crippen MR) is 99.3 cm³/mol. The van der Waals surface area contributed by atoms with Crippen LogP contribution in [0.2, 0.25) is 5.02 Å². The summed E-state index contributed by atoms with van der Waals surface area (Å²) in [5, 5.41) is 9.11. The minimum atomic E-state index is -0.0751. The van der Waals surface area contributed by atoms with Gasteiger partial charge < -0.3 is 11.1 Å². The standard InChI is InChI=1S/C17H19ClN4OS/c1-10(19)6-7-20-16(23)15-9-14-11(2)21-22(17(14)24-15)13-5-3-4-12(18)8-13/h3-5,8-10H,6-7,19H2,1-2H3,(H,20,23). The van der Waals surface area contributed by atoms with E-state index in [-0.39, 0.29) is 11.9 Å². The van der Waals surface area contributed by atoms with Crippen LogP contribution in [0, 0.1) is 6.92 Å². The number of hydrogen-bond acceptors (Lipinski definition) is 4. The molecule has 126 valence electrons. The normalized spacial score (nSPS) is 12.5. The molecule has 1 amide bonds. The average molecular weight is 363 g/mol. The fourth-order valence-corrected chi connectivity index (χ4v) is 3.73. The molecule has 0 fully saturated rings. The lowest BCUT2D eigenvalue weighted by molar-refractivity contribution is 0.0957. The van der Waals surface area contributed by atoms with Crippen molar-refractivity contribution in [2.24, 2.45) is 5.73 Å². The lowest BCUT2D eigenvalue weighted by Gasteiger charge is -2.06. The van der Waals surface area contributed by atoms with Gasteiger partial charge in [0.05, 0.1) is 16.3 Å². The van der Waals surface area contributed by atoms with Crippen LogP contribution in [0.4, 0.5) is 0 Å². The van der Waals surface area contributed by atoms with Crippen LogP contribution in [-0.2, 0) is 0 Å². The zero-order chi connectivity index (χ0) is 17.3. The van der Waals surface area contributed by atoms with Crippen molar-refractivity contribution >= 4 is 39.1 Å². The first kappa shape index (κ1) is 17.0. The zero-order valence-electron chi connectivity index (χ0n) is 13.5. The van der Waals surface area contributed by atoms with E-state index >= 15 is 0 Å². The van der Waals surface area contributed by atoms with Crippen LogP contribution in [0.1, 0.15) is 28.7 Å². The minimum absolute atomic E-state index is 0.0751. The maximum absolute atomic E-state index is 12.3. The van der Waals surface area contributed by atoms with Crippen LogP contribution < -0.4 is 11.1 Å². The van der Waals surface area contributed by atoms with Crippen LogP contribution >= 0.6 is 22.9 Å². The fourth-order valence-electron chi connectivity index (χ4n) is 2.44. The maximum Gasteiger partial charge on any atom is 0.261 e. The Kier molecular flexibility index (Phi) is 4.89. The van der Waals surface area contributed by atoms with Gasteiger partial charge >= 0.3 is 0 Å². The molecule has 0 radical (unpaired) electrons. The molecule has 1 atom stereocenters. The number of nitrogens with two attached hydrogens (primary N) is 1. The number of nitrogens with zero attached hydrogens (tertiary/aromatic N) is 2. The molecule has 5 nitrogen and oxygen atoms in total. The molecule has 0 aliphatic heterocycles. The number of carbonyl (C=O) groups excluding carboxylic acids is 1. The summed E-state index contributed by atoms with van der Waals surface area (Å²) in [5.41, 5.74) is 7.47. The number of halogens is 1. The molecule has 1 unspecified atom stereocenters. The van der Waals surface area contributed by atoms with E-state index in [0.717, 1.165) is 28.0 Å². The summed E-state index contributed by atoms with van der Waals surface area (Å²) in [4.78, 5) is 13.9. The van der Waals surface area contributed by atoms with Gasteiger partial charge in [-0.05, 0) is 44.5 Å². The number of thiophene rings is 1. The van der Waals surface area contributed by atoms with Gasteiger partial charge in [0.25, 0.3) is 5.91 Å². The molecule has 0 bridgehead atoms. The Morgan fingerprint density at radius 1 is 1.46 bits per heavy atom. The van der Waals surface area contributed by atoms with Gasteiger partial charge in [0.15, 0.2) is 0 Å². The molecular weight excluding hydrogens is 344 g/mol. The van der Waals surface area contributed by atoms with Crippen molar-refractivity contribution in [3.8, 4) is 5.69 Å². The number of carbonyl (C=O) groups is 1.